The third kappa shape index (κ3) is 4.63. The summed E-state index contributed by atoms with van der Waals surface area (Å²) in [5.41, 5.74) is 2.50. The van der Waals surface area contributed by atoms with E-state index in [1.807, 2.05) is 49.6 Å². The van der Waals surface area contributed by atoms with Crippen molar-refractivity contribution in [2.45, 2.75) is 6.92 Å². The Morgan fingerprint density at radius 3 is 2.48 bits per heavy atom. The Kier molecular flexibility index (Phi) is 6.21. The molecule has 2 N–H and O–H groups in total. The van der Waals surface area contributed by atoms with Crippen molar-refractivity contribution in [2.24, 2.45) is 0 Å². The van der Waals surface area contributed by atoms with Gasteiger partial charge >= 0.3 is 0 Å². The molecule has 132 valence electrons. The topological polar surface area (TPSA) is 100 Å². The fourth-order valence-corrected chi connectivity index (χ4v) is 1.94. The van der Waals surface area contributed by atoms with Gasteiger partial charge in [0.1, 0.15) is 17.8 Å². The van der Waals surface area contributed by atoms with E-state index in [1.54, 1.807) is 18.7 Å². The van der Waals surface area contributed by atoms with E-state index < -0.39 is 0 Å². The van der Waals surface area contributed by atoms with Gasteiger partial charge in [-0.1, -0.05) is 0 Å². The lowest BCUT2D eigenvalue weighted by atomic mass is 10.2. The molecule has 0 unspecified atom stereocenters. The van der Waals surface area contributed by atoms with Gasteiger partial charge < -0.3 is 15.5 Å². The summed E-state index contributed by atoms with van der Waals surface area (Å²) in [4.78, 5) is 28.6. The molecule has 25 heavy (non-hydrogen) atoms. The first-order valence-corrected chi connectivity index (χ1v) is 7.78. The smallest absolute Gasteiger partial charge is 0.224 e. The zero-order chi connectivity index (χ0) is 18.2. The van der Waals surface area contributed by atoms with Crippen LogP contribution in [0.4, 0.5) is 11.8 Å². The van der Waals surface area contributed by atoms with Gasteiger partial charge in [-0.25, -0.2) is 19.9 Å². The van der Waals surface area contributed by atoms with E-state index in [-0.39, 0.29) is 0 Å². The molecular formula is C16H22N8O. The molecule has 0 saturated carbocycles. The fourth-order valence-electron chi connectivity index (χ4n) is 1.94. The van der Waals surface area contributed by atoms with Gasteiger partial charge in [0.15, 0.2) is 0 Å². The minimum Gasteiger partial charge on any atom is -0.372 e. The number of nitrogens with zero attached hydrogens (tertiary/aromatic N) is 6. The van der Waals surface area contributed by atoms with Crippen molar-refractivity contribution in [2.75, 3.05) is 37.9 Å². The quantitative estimate of drug-likeness (QED) is 0.668. The average molecular weight is 342 g/mol. The van der Waals surface area contributed by atoms with E-state index >= 15 is 0 Å². The lowest BCUT2D eigenvalue weighted by Crippen LogP contribution is -2.12. The minimum absolute atomic E-state index is 0.674. The van der Waals surface area contributed by atoms with Gasteiger partial charge in [0.05, 0.1) is 11.9 Å². The maximum absolute atomic E-state index is 9.29. The second-order valence-electron chi connectivity index (χ2n) is 5.26. The number of carbonyl (C=O) groups is 1. The van der Waals surface area contributed by atoms with Gasteiger partial charge in [-0.15, -0.1) is 0 Å². The molecular weight excluding hydrogens is 320 g/mol. The lowest BCUT2D eigenvalue weighted by molar-refractivity contribution is -0.109. The predicted octanol–water partition coefficient (Wildman–Crippen LogP) is 1.05. The SMILES string of the molecule is CCNC=O.CNc1cn2cnc(-c3cnc(N(C)C)nc3)cc2n1. The number of carbonyl (C=O) groups excluding carboxylic acids is 1. The van der Waals surface area contributed by atoms with Crippen molar-refractivity contribution in [1.29, 1.82) is 0 Å². The van der Waals surface area contributed by atoms with E-state index in [9.17, 15) is 4.79 Å². The van der Waals surface area contributed by atoms with Crippen LogP contribution >= 0.6 is 0 Å². The van der Waals surface area contributed by atoms with Gasteiger partial charge in [0.2, 0.25) is 12.4 Å². The van der Waals surface area contributed by atoms with Crippen molar-refractivity contribution < 1.29 is 4.79 Å². The molecule has 0 aliphatic carbocycles. The molecule has 3 heterocycles. The van der Waals surface area contributed by atoms with Crippen molar-refractivity contribution in [3.8, 4) is 11.3 Å². The van der Waals surface area contributed by atoms with Gasteiger partial charge in [-0.3, -0.25) is 9.20 Å². The highest BCUT2D eigenvalue weighted by Gasteiger charge is 2.06. The summed E-state index contributed by atoms with van der Waals surface area (Å²) >= 11 is 0. The second-order valence-corrected chi connectivity index (χ2v) is 5.26. The highest BCUT2D eigenvalue weighted by molar-refractivity contribution is 5.63. The first-order chi connectivity index (χ1) is 12.1. The van der Waals surface area contributed by atoms with Crippen molar-refractivity contribution in [3.63, 3.8) is 0 Å². The number of fused-ring (bicyclic) bond motifs is 1. The van der Waals surface area contributed by atoms with Crippen LogP contribution in [0.5, 0.6) is 0 Å². The Balaban J connectivity index is 0.000000399. The molecule has 1 amide bonds. The molecule has 3 rings (SSSR count). The Hall–Kier alpha value is -3.23. The van der Waals surface area contributed by atoms with Crippen molar-refractivity contribution >= 4 is 23.8 Å². The first-order valence-electron chi connectivity index (χ1n) is 7.78. The molecule has 0 aliphatic heterocycles. The van der Waals surface area contributed by atoms with Crippen LogP contribution in [0.2, 0.25) is 0 Å². The van der Waals surface area contributed by atoms with E-state index in [0.29, 0.717) is 12.4 Å². The van der Waals surface area contributed by atoms with Gasteiger partial charge in [0, 0.05) is 51.7 Å². The Labute approximate surface area is 146 Å². The molecule has 0 saturated heterocycles. The molecule has 0 bridgehead atoms. The third-order valence-electron chi connectivity index (χ3n) is 3.23. The summed E-state index contributed by atoms with van der Waals surface area (Å²) in [6, 6.07) is 1.91. The summed E-state index contributed by atoms with van der Waals surface area (Å²) in [6.45, 7) is 2.60. The van der Waals surface area contributed by atoms with Crippen molar-refractivity contribution in [1.82, 2.24) is 29.7 Å². The number of rotatable bonds is 5. The highest BCUT2D eigenvalue weighted by atomic mass is 16.1. The third-order valence-corrected chi connectivity index (χ3v) is 3.23. The predicted molar refractivity (Wildman–Crippen MR) is 97.6 cm³/mol. The number of nitrogens with one attached hydrogen (secondary N) is 2. The highest BCUT2D eigenvalue weighted by Crippen LogP contribution is 2.18. The van der Waals surface area contributed by atoms with E-state index in [4.69, 9.17) is 0 Å². The van der Waals surface area contributed by atoms with E-state index in [2.05, 4.69) is 30.6 Å². The summed E-state index contributed by atoms with van der Waals surface area (Å²) in [5, 5.41) is 5.44. The molecule has 0 spiro atoms. The van der Waals surface area contributed by atoms with Gasteiger partial charge in [-0.2, -0.15) is 0 Å². The fraction of sp³-hybridized carbons (Fsp3) is 0.312. The lowest BCUT2D eigenvalue weighted by Gasteiger charge is -2.09. The van der Waals surface area contributed by atoms with Crippen LogP contribution in [-0.4, -0.2) is 58.4 Å². The molecule has 9 heteroatoms. The van der Waals surface area contributed by atoms with Crippen LogP contribution in [-0.2, 0) is 4.79 Å². The first kappa shape index (κ1) is 18.1. The van der Waals surface area contributed by atoms with Crippen LogP contribution in [0.1, 0.15) is 6.92 Å². The normalized spacial score (nSPS) is 9.92. The van der Waals surface area contributed by atoms with E-state index in [1.165, 1.54) is 0 Å². The maximum Gasteiger partial charge on any atom is 0.224 e. The second kappa shape index (κ2) is 8.57. The standard InChI is InChI=1S/C13H15N7.C3H7NO/c1-14-11-7-20-8-17-10(4-12(20)18-11)9-5-15-13(16-6-9)19(2)3;1-2-4-3-5/h4-8,14H,1-3H3;3H,2H2,1H3,(H,4,5). The molecule has 0 radical (unpaired) electrons. The number of hydrogen-bond donors (Lipinski definition) is 2. The summed E-state index contributed by atoms with van der Waals surface area (Å²) in [6.07, 6.45) is 7.84. The number of hydrogen-bond acceptors (Lipinski definition) is 7. The van der Waals surface area contributed by atoms with Gasteiger partial charge in [-0.05, 0) is 6.92 Å². The Bertz CT molecular complexity index is 813. The van der Waals surface area contributed by atoms with Crippen LogP contribution in [0.25, 0.3) is 16.9 Å². The minimum atomic E-state index is 0.674. The summed E-state index contributed by atoms with van der Waals surface area (Å²) < 4.78 is 1.87. The average Bonchev–Trinajstić information content (AvgIpc) is 3.05. The zero-order valence-electron chi connectivity index (χ0n) is 14.8. The summed E-state index contributed by atoms with van der Waals surface area (Å²) in [5.74, 6) is 1.48. The number of anilines is 2. The van der Waals surface area contributed by atoms with Crippen LogP contribution in [0.15, 0.2) is 31.0 Å². The summed E-state index contributed by atoms with van der Waals surface area (Å²) in [7, 11) is 5.65. The molecule has 0 aliphatic rings. The Morgan fingerprint density at radius 1 is 1.24 bits per heavy atom. The molecule has 3 aromatic rings. The van der Waals surface area contributed by atoms with Crippen LogP contribution < -0.4 is 15.5 Å². The molecule has 0 aromatic carbocycles. The maximum atomic E-state index is 9.29. The molecule has 3 aromatic heterocycles. The number of amides is 1. The largest absolute Gasteiger partial charge is 0.372 e. The molecule has 0 atom stereocenters. The number of imidazole rings is 1. The van der Waals surface area contributed by atoms with Crippen molar-refractivity contribution in [3.05, 3.63) is 31.0 Å². The van der Waals surface area contributed by atoms with Gasteiger partial charge in [0.25, 0.3) is 0 Å². The molecule has 9 nitrogen and oxygen atoms in total. The molecule has 0 fully saturated rings. The Morgan fingerprint density at radius 2 is 1.96 bits per heavy atom. The van der Waals surface area contributed by atoms with E-state index in [0.717, 1.165) is 29.3 Å². The van der Waals surface area contributed by atoms with Crippen LogP contribution in [0, 0.1) is 0 Å². The van der Waals surface area contributed by atoms with Crippen LogP contribution in [0.3, 0.4) is 0 Å². The number of aromatic nitrogens is 5. The monoisotopic (exact) mass is 342 g/mol. The zero-order valence-corrected chi connectivity index (χ0v) is 14.8.